The molecule has 0 amide bonds. The van der Waals surface area contributed by atoms with Gasteiger partial charge in [0, 0.05) is 12.1 Å². The number of benzene rings is 2. The van der Waals surface area contributed by atoms with Crippen molar-refractivity contribution in [1.29, 1.82) is 0 Å². The molecule has 0 bridgehead atoms. The predicted octanol–water partition coefficient (Wildman–Crippen LogP) is 3.68. The first-order valence-corrected chi connectivity index (χ1v) is 8.15. The van der Waals surface area contributed by atoms with Gasteiger partial charge in [-0.1, -0.05) is 18.2 Å². The van der Waals surface area contributed by atoms with Gasteiger partial charge < -0.3 is 20.6 Å². The number of phenolic OH excluding ortho intramolecular Hbond substituents is 3. The molecule has 1 fully saturated rings. The van der Waals surface area contributed by atoms with Crippen molar-refractivity contribution < 1.29 is 15.3 Å². The standard InChI is InChI=1S/C19H23NO3.BrH/c21-17-8-2-13(3-9-17)1-5-15-6-7-16(20-15)11-14-4-10-18(22)19(23)12-14;/h2-4,8-10,12,15-16,20-23H,1,5-7,11H2;1H/t15-,16-;/m0./s1. The van der Waals surface area contributed by atoms with Gasteiger partial charge in [0.15, 0.2) is 11.5 Å². The monoisotopic (exact) mass is 393 g/mol. The summed E-state index contributed by atoms with van der Waals surface area (Å²) >= 11 is 0. The van der Waals surface area contributed by atoms with Crippen LogP contribution in [0.15, 0.2) is 42.5 Å². The molecule has 2 aromatic rings. The molecule has 3 rings (SSSR count). The van der Waals surface area contributed by atoms with E-state index in [1.807, 2.05) is 18.2 Å². The van der Waals surface area contributed by atoms with Crippen LogP contribution in [-0.4, -0.2) is 27.4 Å². The van der Waals surface area contributed by atoms with Crippen molar-refractivity contribution in [2.75, 3.05) is 0 Å². The third-order valence-electron chi connectivity index (χ3n) is 4.57. The Balaban J connectivity index is 0.00000208. The van der Waals surface area contributed by atoms with Crippen LogP contribution in [0.2, 0.25) is 0 Å². The summed E-state index contributed by atoms with van der Waals surface area (Å²) in [5.41, 5.74) is 2.29. The molecule has 1 aliphatic rings. The molecule has 0 unspecified atom stereocenters. The van der Waals surface area contributed by atoms with Gasteiger partial charge in [0.05, 0.1) is 0 Å². The highest BCUT2D eigenvalue weighted by atomic mass is 79.9. The van der Waals surface area contributed by atoms with Crippen molar-refractivity contribution in [3.8, 4) is 17.2 Å². The van der Waals surface area contributed by atoms with E-state index in [1.54, 1.807) is 24.3 Å². The third kappa shape index (κ3) is 4.89. The fourth-order valence-corrected chi connectivity index (χ4v) is 3.28. The zero-order chi connectivity index (χ0) is 16.2. The van der Waals surface area contributed by atoms with Gasteiger partial charge in [0.25, 0.3) is 0 Å². The zero-order valence-corrected chi connectivity index (χ0v) is 15.2. The smallest absolute Gasteiger partial charge is 0.157 e. The molecule has 1 aliphatic heterocycles. The number of aryl methyl sites for hydroxylation is 1. The van der Waals surface area contributed by atoms with Crippen LogP contribution < -0.4 is 5.32 Å². The summed E-state index contributed by atoms with van der Waals surface area (Å²) in [6.07, 6.45) is 5.24. The van der Waals surface area contributed by atoms with E-state index in [0.717, 1.165) is 37.7 Å². The lowest BCUT2D eigenvalue weighted by atomic mass is 10.0. The Morgan fingerprint density at radius 2 is 1.50 bits per heavy atom. The van der Waals surface area contributed by atoms with Crippen LogP contribution in [0, 0.1) is 0 Å². The van der Waals surface area contributed by atoms with E-state index in [2.05, 4.69) is 5.32 Å². The Morgan fingerprint density at radius 1 is 0.833 bits per heavy atom. The largest absolute Gasteiger partial charge is 0.508 e. The summed E-state index contributed by atoms with van der Waals surface area (Å²) in [5.74, 6) is 0.189. The summed E-state index contributed by atoms with van der Waals surface area (Å²) in [6.45, 7) is 0. The van der Waals surface area contributed by atoms with Crippen molar-refractivity contribution in [3.63, 3.8) is 0 Å². The Kier molecular flexibility index (Phi) is 6.52. The average Bonchev–Trinajstić information content (AvgIpc) is 2.98. The molecule has 0 saturated carbocycles. The van der Waals surface area contributed by atoms with Crippen molar-refractivity contribution in [1.82, 2.24) is 5.32 Å². The molecular formula is C19H24BrNO3. The summed E-state index contributed by atoms with van der Waals surface area (Å²) in [7, 11) is 0. The number of halogens is 1. The van der Waals surface area contributed by atoms with Gasteiger partial charge in [-0.2, -0.15) is 0 Å². The quantitative estimate of drug-likeness (QED) is 0.584. The van der Waals surface area contributed by atoms with E-state index in [9.17, 15) is 15.3 Å². The summed E-state index contributed by atoms with van der Waals surface area (Å²) in [5, 5.41) is 31.9. The van der Waals surface area contributed by atoms with Crippen molar-refractivity contribution in [2.24, 2.45) is 0 Å². The molecular weight excluding hydrogens is 370 g/mol. The maximum atomic E-state index is 9.57. The number of aromatic hydroxyl groups is 3. The number of phenols is 3. The summed E-state index contributed by atoms with van der Waals surface area (Å²) < 4.78 is 0. The SMILES string of the molecule is Br.Oc1ccc(CC[C@H]2CC[C@@H](Cc3ccc(O)c(O)c3)N2)cc1. The summed E-state index contributed by atoms with van der Waals surface area (Å²) in [4.78, 5) is 0. The predicted molar refractivity (Wildman–Crippen MR) is 100 cm³/mol. The van der Waals surface area contributed by atoms with Crippen LogP contribution in [-0.2, 0) is 12.8 Å². The summed E-state index contributed by atoms with van der Waals surface area (Å²) in [6, 6.07) is 13.4. The molecule has 5 heteroatoms. The molecule has 0 aliphatic carbocycles. The van der Waals surface area contributed by atoms with Gasteiger partial charge in [0.1, 0.15) is 5.75 Å². The first-order chi connectivity index (χ1) is 11.1. The lowest BCUT2D eigenvalue weighted by Crippen LogP contribution is -2.31. The van der Waals surface area contributed by atoms with E-state index in [1.165, 1.54) is 5.56 Å². The molecule has 0 aromatic heterocycles. The number of nitrogens with one attached hydrogen (secondary N) is 1. The first kappa shape index (κ1) is 18.6. The lowest BCUT2D eigenvalue weighted by Gasteiger charge is -2.15. The van der Waals surface area contributed by atoms with Crippen LogP contribution in [0.5, 0.6) is 17.2 Å². The number of hydrogen-bond donors (Lipinski definition) is 4. The number of hydrogen-bond acceptors (Lipinski definition) is 4. The van der Waals surface area contributed by atoms with E-state index in [0.29, 0.717) is 17.8 Å². The molecule has 24 heavy (non-hydrogen) atoms. The Hall–Kier alpha value is -1.72. The molecule has 130 valence electrons. The maximum absolute atomic E-state index is 9.57. The van der Waals surface area contributed by atoms with Crippen LogP contribution in [0.3, 0.4) is 0 Å². The minimum Gasteiger partial charge on any atom is -0.508 e. The molecule has 1 heterocycles. The second-order valence-electron chi connectivity index (χ2n) is 6.37. The normalized spacial score (nSPS) is 19.8. The van der Waals surface area contributed by atoms with Gasteiger partial charge in [-0.3, -0.25) is 0 Å². The van der Waals surface area contributed by atoms with E-state index in [4.69, 9.17) is 0 Å². The van der Waals surface area contributed by atoms with E-state index < -0.39 is 0 Å². The Bertz CT molecular complexity index is 660. The highest BCUT2D eigenvalue weighted by Crippen LogP contribution is 2.27. The van der Waals surface area contributed by atoms with Crippen molar-refractivity contribution in [2.45, 2.75) is 44.2 Å². The third-order valence-corrected chi connectivity index (χ3v) is 4.57. The van der Waals surface area contributed by atoms with Gasteiger partial charge in [-0.15, -0.1) is 17.0 Å². The van der Waals surface area contributed by atoms with E-state index >= 15 is 0 Å². The molecule has 4 nitrogen and oxygen atoms in total. The first-order valence-electron chi connectivity index (χ1n) is 8.15. The van der Waals surface area contributed by atoms with E-state index in [-0.39, 0.29) is 28.5 Å². The van der Waals surface area contributed by atoms with Crippen LogP contribution in [0.4, 0.5) is 0 Å². The van der Waals surface area contributed by atoms with Gasteiger partial charge >= 0.3 is 0 Å². The average molecular weight is 394 g/mol. The molecule has 0 radical (unpaired) electrons. The van der Waals surface area contributed by atoms with Gasteiger partial charge in [0.2, 0.25) is 0 Å². The number of rotatable bonds is 5. The molecule has 2 atom stereocenters. The molecule has 1 saturated heterocycles. The lowest BCUT2D eigenvalue weighted by molar-refractivity contribution is 0.402. The maximum Gasteiger partial charge on any atom is 0.157 e. The van der Waals surface area contributed by atoms with Crippen LogP contribution >= 0.6 is 17.0 Å². The van der Waals surface area contributed by atoms with Gasteiger partial charge in [-0.25, -0.2) is 0 Å². The Morgan fingerprint density at radius 3 is 2.21 bits per heavy atom. The minimum absolute atomic E-state index is 0. The Labute approximate surface area is 152 Å². The van der Waals surface area contributed by atoms with Crippen LogP contribution in [0.25, 0.3) is 0 Å². The highest BCUT2D eigenvalue weighted by molar-refractivity contribution is 8.93. The minimum atomic E-state index is -0.0695. The fourth-order valence-electron chi connectivity index (χ4n) is 3.28. The zero-order valence-electron chi connectivity index (χ0n) is 13.5. The molecule has 2 aromatic carbocycles. The second-order valence-corrected chi connectivity index (χ2v) is 6.37. The van der Waals surface area contributed by atoms with Crippen molar-refractivity contribution in [3.05, 3.63) is 53.6 Å². The second kappa shape index (κ2) is 8.40. The molecule has 0 spiro atoms. The molecule has 4 N–H and O–H groups in total. The fraction of sp³-hybridized carbons (Fsp3) is 0.368. The highest BCUT2D eigenvalue weighted by Gasteiger charge is 2.23. The topological polar surface area (TPSA) is 72.7 Å². The van der Waals surface area contributed by atoms with Gasteiger partial charge in [-0.05, 0) is 67.5 Å². The van der Waals surface area contributed by atoms with Crippen LogP contribution in [0.1, 0.15) is 30.4 Å². The van der Waals surface area contributed by atoms with Crippen molar-refractivity contribution >= 4 is 17.0 Å².